The van der Waals surface area contributed by atoms with E-state index in [1.165, 1.54) is 5.56 Å². The number of benzene rings is 1. The predicted molar refractivity (Wildman–Crippen MR) is 54.6 cm³/mol. The van der Waals surface area contributed by atoms with Crippen molar-refractivity contribution in [3.63, 3.8) is 0 Å². The molecule has 2 N–H and O–H groups in total. The number of nitrogens with zero attached hydrogens (tertiary/aromatic N) is 3. The molecular formula is C10H12N4. The highest BCUT2D eigenvalue weighted by molar-refractivity contribution is 5.19. The number of aryl methyl sites for hydroxylation is 2. The van der Waals surface area contributed by atoms with Crippen LogP contribution in [0.3, 0.4) is 0 Å². The molecule has 4 nitrogen and oxygen atoms in total. The lowest BCUT2D eigenvalue weighted by atomic mass is 10.2. The zero-order chi connectivity index (χ0) is 9.80. The van der Waals surface area contributed by atoms with E-state index in [-0.39, 0.29) is 0 Å². The fourth-order valence-corrected chi connectivity index (χ4v) is 1.29. The van der Waals surface area contributed by atoms with Gasteiger partial charge >= 0.3 is 0 Å². The summed E-state index contributed by atoms with van der Waals surface area (Å²) in [6.45, 7) is 0.765. The number of nitrogens with two attached hydrogens (primary N) is 1. The molecule has 1 aromatic heterocycles. The average molecular weight is 188 g/mol. The largest absolute Gasteiger partial charge is 0.381 e. The molecule has 0 saturated heterocycles. The third kappa shape index (κ3) is 2.10. The van der Waals surface area contributed by atoms with Gasteiger partial charge in [0.25, 0.3) is 0 Å². The van der Waals surface area contributed by atoms with E-state index in [1.54, 1.807) is 11.0 Å². The lowest BCUT2D eigenvalue weighted by Crippen LogP contribution is -2.05. The highest BCUT2D eigenvalue weighted by Gasteiger charge is 1.96. The first-order valence-corrected chi connectivity index (χ1v) is 4.54. The van der Waals surface area contributed by atoms with Crippen molar-refractivity contribution < 1.29 is 0 Å². The molecule has 2 rings (SSSR count). The Balaban J connectivity index is 1.95. The number of rotatable bonds is 3. The second kappa shape index (κ2) is 3.91. The molecule has 1 aromatic carbocycles. The minimum absolute atomic E-state index is 0.470. The highest BCUT2D eigenvalue weighted by atomic mass is 15.5. The quantitative estimate of drug-likeness (QED) is 0.784. The number of hydrogen-bond donors (Lipinski definition) is 1. The molecule has 14 heavy (non-hydrogen) atoms. The zero-order valence-corrected chi connectivity index (χ0v) is 7.80. The Morgan fingerprint density at radius 3 is 2.64 bits per heavy atom. The van der Waals surface area contributed by atoms with Crippen molar-refractivity contribution in [3.05, 3.63) is 42.1 Å². The number of nitrogen functional groups attached to an aromatic ring is 1. The third-order valence-corrected chi connectivity index (χ3v) is 2.00. The standard InChI is InChI=1S/C10H12N4/c11-10-8-12-14(13-10)7-6-9-4-2-1-3-5-9/h1-5,8H,6-7H2,(H2,11,13). The molecule has 0 fully saturated rings. The van der Waals surface area contributed by atoms with Crippen molar-refractivity contribution in [3.8, 4) is 0 Å². The first-order chi connectivity index (χ1) is 6.84. The van der Waals surface area contributed by atoms with Gasteiger partial charge in [0.05, 0.1) is 12.7 Å². The fraction of sp³-hybridized carbons (Fsp3) is 0.200. The van der Waals surface area contributed by atoms with Crippen LogP contribution in [0.1, 0.15) is 5.56 Å². The van der Waals surface area contributed by atoms with Crippen LogP contribution in [0.5, 0.6) is 0 Å². The summed E-state index contributed by atoms with van der Waals surface area (Å²) in [7, 11) is 0. The maximum Gasteiger partial charge on any atom is 0.165 e. The van der Waals surface area contributed by atoms with Gasteiger partial charge in [-0.05, 0) is 12.0 Å². The summed E-state index contributed by atoms with van der Waals surface area (Å²) in [5, 5.41) is 8.02. The highest BCUT2D eigenvalue weighted by Crippen LogP contribution is 2.01. The molecular weight excluding hydrogens is 176 g/mol. The number of aromatic nitrogens is 3. The summed E-state index contributed by atoms with van der Waals surface area (Å²) >= 11 is 0. The topological polar surface area (TPSA) is 56.7 Å². The molecule has 0 spiro atoms. The van der Waals surface area contributed by atoms with Gasteiger partial charge in [-0.25, -0.2) is 0 Å². The predicted octanol–water partition coefficient (Wildman–Crippen LogP) is 1.10. The first-order valence-electron chi connectivity index (χ1n) is 4.54. The maximum atomic E-state index is 5.45. The van der Waals surface area contributed by atoms with Gasteiger partial charge in [0.15, 0.2) is 5.82 Å². The Labute approximate surface area is 82.4 Å². The SMILES string of the molecule is Nc1cnn(CCc2ccccc2)n1. The van der Waals surface area contributed by atoms with Crippen molar-refractivity contribution in [2.24, 2.45) is 0 Å². The maximum absolute atomic E-state index is 5.45. The smallest absolute Gasteiger partial charge is 0.165 e. The van der Waals surface area contributed by atoms with E-state index in [2.05, 4.69) is 22.3 Å². The lowest BCUT2D eigenvalue weighted by molar-refractivity contribution is 0.538. The Bertz CT molecular complexity index is 394. The zero-order valence-electron chi connectivity index (χ0n) is 7.80. The van der Waals surface area contributed by atoms with Crippen LogP contribution in [0.4, 0.5) is 5.82 Å². The van der Waals surface area contributed by atoms with Crippen LogP contribution in [0, 0.1) is 0 Å². The minimum atomic E-state index is 0.470. The monoisotopic (exact) mass is 188 g/mol. The molecule has 1 heterocycles. The number of hydrogen-bond acceptors (Lipinski definition) is 3. The molecule has 0 aliphatic rings. The lowest BCUT2D eigenvalue weighted by Gasteiger charge is -1.99. The Kier molecular flexibility index (Phi) is 2.44. The van der Waals surface area contributed by atoms with Crippen LogP contribution in [-0.2, 0) is 13.0 Å². The molecule has 0 radical (unpaired) electrons. The second-order valence-corrected chi connectivity index (χ2v) is 3.10. The molecule has 0 bridgehead atoms. The van der Waals surface area contributed by atoms with E-state index in [0.29, 0.717) is 5.82 Å². The normalized spacial score (nSPS) is 10.3. The van der Waals surface area contributed by atoms with E-state index in [0.717, 1.165) is 13.0 Å². The minimum Gasteiger partial charge on any atom is -0.381 e. The molecule has 0 aliphatic carbocycles. The van der Waals surface area contributed by atoms with Crippen molar-refractivity contribution in [2.75, 3.05) is 5.73 Å². The van der Waals surface area contributed by atoms with Gasteiger partial charge in [0.2, 0.25) is 0 Å². The van der Waals surface area contributed by atoms with E-state index in [4.69, 9.17) is 5.73 Å². The van der Waals surface area contributed by atoms with Gasteiger partial charge in [-0.2, -0.15) is 9.90 Å². The van der Waals surface area contributed by atoms with E-state index in [9.17, 15) is 0 Å². The van der Waals surface area contributed by atoms with Crippen molar-refractivity contribution in [1.29, 1.82) is 0 Å². The van der Waals surface area contributed by atoms with Crippen molar-refractivity contribution in [2.45, 2.75) is 13.0 Å². The van der Waals surface area contributed by atoms with Crippen LogP contribution in [0.2, 0.25) is 0 Å². The van der Waals surface area contributed by atoms with Crippen LogP contribution in [-0.4, -0.2) is 15.0 Å². The van der Waals surface area contributed by atoms with E-state index < -0.39 is 0 Å². The Hall–Kier alpha value is -1.84. The van der Waals surface area contributed by atoms with Crippen LogP contribution in [0.15, 0.2) is 36.5 Å². The fourth-order valence-electron chi connectivity index (χ4n) is 1.29. The van der Waals surface area contributed by atoms with Crippen LogP contribution >= 0.6 is 0 Å². The summed E-state index contributed by atoms with van der Waals surface area (Å²) in [4.78, 5) is 1.61. The van der Waals surface area contributed by atoms with E-state index >= 15 is 0 Å². The molecule has 72 valence electrons. The van der Waals surface area contributed by atoms with Gasteiger partial charge in [-0.15, -0.1) is 5.10 Å². The summed E-state index contributed by atoms with van der Waals surface area (Å²) in [6, 6.07) is 10.2. The molecule has 0 unspecified atom stereocenters. The third-order valence-electron chi connectivity index (χ3n) is 2.00. The van der Waals surface area contributed by atoms with Crippen molar-refractivity contribution in [1.82, 2.24) is 15.0 Å². The van der Waals surface area contributed by atoms with Crippen molar-refractivity contribution >= 4 is 5.82 Å². The average Bonchev–Trinajstić information content (AvgIpc) is 2.63. The molecule has 0 amide bonds. The molecule has 4 heteroatoms. The summed E-state index contributed by atoms with van der Waals surface area (Å²) < 4.78 is 0. The van der Waals surface area contributed by atoms with Gasteiger partial charge < -0.3 is 5.73 Å². The van der Waals surface area contributed by atoms with Gasteiger partial charge in [0.1, 0.15) is 0 Å². The molecule has 0 atom stereocenters. The Morgan fingerprint density at radius 1 is 1.21 bits per heavy atom. The second-order valence-electron chi connectivity index (χ2n) is 3.10. The van der Waals surface area contributed by atoms with Gasteiger partial charge in [-0.3, -0.25) is 0 Å². The van der Waals surface area contributed by atoms with E-state index in [1.807, 2.05) is 18.2 Å². The summed E-state index contributed by atoms with van der Waals surface area (Å²) in [5.41, 5.74) is 6.73. The summed E-state index contributed by atoms with van der Waals surface area (Å²) in [6.07, 6.45) is 2.49. The van der Waals surface area contributed by atoms with Gasteiger partial charge in [-0.1, -0.05) is 30.3 Å². The number of anilines is 1. The van der Waals surface area contributed by atoms with Gasteiger partial charge in [0, 0.05) is 0 Å². The van der Waals surface area contributed by atoms with Crippen LogP contribution in [0.25, 0.3) is 0 Å². The van der Waals surface area contributed by atoms with Crippen LogP contribution < -0.4 is 5.73 Å². The molecule has 2 aromatic rings. The summed E-state index contributed by atoms with van der Waals surface area (Å²) in [5.74, 6) is 0.470. The molecule has 0 aliphatic heterocycles. The molecule has 0 saturated carbocycles. The first kappa shape index (κ1) is 8.74. The Morgan fingerprint density at radius 2 is 2.00 bits per heavy atom.